The molecule has 1 saturated heterocycles. The third-order valence-corrected chi connectivity index (χ3v) is 3.20. The number of hydrogen-bond acceptors (Lipinski definition) is 3. The highest BCUT2D eigenvalue weighted by molar-refractivity contribution is 9.10. The molecule has 2 heterocycles. The SMILES string of the molecule is CC1CNCCN1C(=O)c1occc1Br.Cl. The lowest BCUT2D eigenvalue weighted by atomic mass is 10.2. The molecule has 1 aliphatic rings. The molecule has 1 amide bonds. The summed E-state index contributed by atoms with van der Waals surface area (Å²) < 4.78 is 5.89. The smallest absolute Gasteiger partial charge is 0.291 e. The highest BCUT2D eigenvalue weighted by Crippen LogP contribution is 2.20. The van der Waals surface area contributed by atoms with E-state index < -0.39 is 0 Å². The van der Waals surface area contributed by atoms with Crippen molar-refractivity contribution < 1.29 is 9.21 Å². The van der Waals surface area contributed by atoms with Crippen molar-refractivity contribution in [3.8, 4) is 0 Å². The molecule has 4 nitrogen and oxygen atoms in total. The maximum atomic E-state index is 12.1. The lowest BCUT2D eigenvalue weighted by molar-refractivity contribution is 0.0622. The number of halogens is 2. The Hall–Kier alpha value is -0.520. The molecule has 2 rings (SSSR count). The molecule has 1 fully saturated rings. The number of carbonyl (C=O) groups is 1. The van der Waals surface area contributed by atoms with Crippen LogP contribution in [0.3, 0.4) is 0 Å². The van der Waals surface area contributed by atoms with E-state index >= 15 is 0 Å². The summed E-state index contributed by atoms with van der Waals surface area (Å²) >= 11 is 3.30. The van der Waals surface area contributed by atoms with Crippen molar-refractivity contribution in [2.45, 2.75) is 13.0 Å². The molecule has 1 aromatic rings. The maximum absolute atomic E-state index is 12.1. The van der Waals surface area contributed by atoms with E-state index in [1.807, 2.05) is 11.8 Å². The van der Waals surface area contributed by atoms with Gasteiger partial charge in [-0.3, -0.25) is 4.79 Å². The number of amides is 1. The van der Waals surface area contributed by atoms with Gasteiger partial charge in [0.05, 0.1) is 10.7 Å². The van der Waals surface area contributed by atoms with Gasteiger partial charge in [0, 0.05) is 25.7 Å². The van der Waals surface area contributed by atoms with Crippen LogP contribution >= 0.6 is 28.3 Å². The van der Waals surface area contributed by atoms with Crippen LogP contribution < -0.4 is 5.32 Å². The molecule has 1 atom stereocenters. The van der Waals surface area contributed by atoms with E-state index in [0.717, 1.165) is 24.1 Å². The molecule has 0 bridgehead atoms. The van der Waals surface area contributed by atoms with Crippen molar-refractivity contribution in [1.82, 2.24) is 10.2 Å². The van der Waals surface area contributed by atoms with Gasteiger partial charge in [-0.05, 0) is 28.9 Å². The average Bonchev–Trinajstić information content (AvgIpc) is 2.64. The minimum Gasteiger partial charge on any atom is -0.458 e. The highest BCUT2D eigenvalue weighted by Gasteiger charge is 2.27. The second-order valence-corrected chi connectivity index (χ2v) is 4.50. The van der Waals surface area contributed by atoms with Crippen LogP contribution in [0.25, 0.3) is 0 Å². The Morgan fingerprint density at radius 2 is 2.44 bits per heavy atom. The first-order valence-electron chi connectivity index (χ1n) is 4.95. The van der Waals surface area contributed by atoms with Gasteiger partial charge in [-0.1, -0.05) is 0 Å². The summed E-state index contributed by atoms with van der Waals surface area (Å²) in [6, 6.07) is 1.95. The standard InChI is InChI=1S/C10H13BrN2O2.ClH/c1-7-6-12-3-4-13(7)10(14)9-8(11)2-5-15-9;/h2,5,7,12H,3-4,6H2,1H3;1H. The number of piperazine rings is 1. The second-order valence-electron chi connectivity index (χ2n) is 3.65. The molecule has 6 heteroatoms. The monoisotopic (exact) mass is 308 g/mol. The third kappa shape index (κ3) is 2.59. The van der Waals surface area contributed by atoms with Crippen molar-refractivity contribution in [2.75, 3.05) is 19.6 Å². The second kappa shape index (κ2) is 5.70. The van der Waals surface area contributed by atoms with E-state index in [-0.39, 0.29) is 24.4 Å². The Balaban J connectivity index is 0.00000128. The normalized spacial score (nSPS) is 20.4. The zero-order chi connectivity index (χ0) is 10.8. The number of nitrogens with zero attached hydrogens (tertiary/aromatic N) is 1. The Morgan fingerprint density at radius 1 is 1.69 bits per heavy atom. The summed E-state index contributed by atoms with van der Waals surface area (Å²) in [5.41, 5.74) is 0. The minimum atomic E-state index is -0.0409. The van der Waals surface area contributed by atoms with Crippen LogP contribution in [0.4, 0.5) is 0 Å². The van der Waals surface area contributed by atoms with Gasteiger partial charge in [0.2, 0.25) is 5.76 Å². The van der Waals surface area contributed by atoms with E-state index in [4.69, 9.17) is 4.42 Å². The van der Waals surface area contributed by atoms with E-state index in [2.05, 4.69) is 21.2 Å². The first-order valence-corrected chi connectivity index (χ1v) is 5.74. The first-order chi connectivity index (χ1) is 7.20. The van der Waals surface area contributed by atoms with Gasteiger partial charge >= 0.3 is 0 Å². The molecule has 0 spiro atoms. The number of furan rings is 1. The van der Waals surface area contributed by atoms with Crippen molar-refractivity contribution >= 4 is 34.2 Å². The predicted molar refractivity (Wildman–Crippen MR) is 67.0 cm³/mol. The van der Waals surface area contributed by atoms with Crippen LogP contribution in [-0.4, -0.2) is 36.5 Å². The zero-order valence-electron chi connectivity index (χ0n) is 8.90. The zero-order valence-corrected chi connectivity index (χ0v) is 11.3. The summed E-state index contributed by atoms with van der Waals surface area (Å²) in [7, 11) is 0. The molecule has 0 aliphatic carbocycles. The number of rotatable bonds is 1. The highest BCUT2D eigenvalue weighted by atomic mass is 79.9. The van der Waals surface area contributed by atoms with Crippen LogP contribution in [0.5, 0.6) is 0 Å². The fourth-order valence-corrected chi connectivity index (χ4v) is 2.09. The minimum absolute atomic E-state index is 0. The molecule has 0 aromatic carbocycles. The molecular formula is C10H14BrClN2O2. The van der Waals surface area contributed by atoms with Gasteiger partial charge < -0.3 is 14.6 Å². The molecule has 1 aromatic heterocycles. The summed E-state index contributed by atoms with van der Waals surface area (Å²) in [4.78, 5) is 13.9. The van der Waals surface area contributed by atoms with Crippen molar-refractivity contribution in [3.63, 3.8) is 0 Å². The molecule has 1 aliphatic heterocycles. The Labute approximate surface area is 109 Å². The van der Waals surface area contributed by atoms with Gasteiger partial charge in [-0.25, -0.2) is 0 Å². The van der Waals surface area contributed by atoms with Crippen LogP contribution in [0.15, 0.2) is 21.2 Å². The quantitative estimate of drug-likeness (QED) is 0.862. The largest absolute Gasteiger partial charge is 0.458 e. The molecule has 1 unspecified atom stereocenters. The van der Waals surface area contributed by atoms with Crippen molar-refractivity contribution in [1.29, 1.82) is 0 Å². The van der Waals surface area contributed by atoms with Gasteiger partial charge in [0.25, 0.3) is 5.91 Å². The van der Waals surface area contributed by atoms with Crippen molar-refractivity contribution in [2.24, 2.45) is 0 Å². The van der Waals surface area contributed by atoms with Crippen LogP contribution in [0, 0.1) is 0 Å². The van der Waals surface area contributed by atoms with Gasteiger partial charge in [0.1, 0.15) is 0 Å². The Kier molecular flexibility index (Phi) is 4.83. The topological polar surface area (TPSA) is 45.5 Å². The van der Waals surface area contributed by atoms with Gasteiger partial charge in [0.15, 0.2) is 0 Å². The first kappa shape index (κ1) is 13.5. The number of nitrogens with one attached hydrogen (secondary N) is 1. The van der Waals surface area contributed by atoms with Crippen LogP contribution in [0.2, 0.25) is 0 Å². The molecule has 90 valence electrons. The molecule has 0 saturated carbocycles. The van der Waals surface area contributed by atoms with Crippen LogP contribution in [-0.2, 0) is 0 Å². The van der Waals surface area contributed by atoms with E-state index in [1.54, 1.807) is 6.07 Å². The summed E-state index contributed by atoms with van der Waals surface area (Å²) in [5, 5.41) is 3.24. The molecule has 0 radical (unpaired) electrons. The lowest BCUT2D eigenvalue weighted by Gasteiger charge is -2.33. The van der Waals surface area contributed by atoms with Crippen molar-refractivity contribution in [3.05, 3.63) is 22.6 Å². The number of carbonyl (C=O) groups excluding carboxylic acids is 1. The third-order valence-electron chi connectivity index (χ3n) is 2.57. The van der Waals surface area contributed by atoms with Gasteiger partial charge in [-0.2, -0.15) is 0 Å². The van der Waals surface area contributed by atoms with Gasteiger partial charge in [-0.15, -0.1) is 12.4 Å². The fourth-order valence-electron chi connectivity index (χ4n) is 1.72. The molecule has 1 N–H and O–H groups in total. The predicted octanol–water partition coefficient (Wildman–Crippen LogP) is 1.90. The summed E-state index contributed by atoms with van der Waals surface area (Å²) in [5.74, 6) is 0.352. The van der Waals surface area contributed by atoms with Crippen LogP contribution in [0.1, 0.15) is 17.5 Å². The lowest BCUT2D eigenvalue weighted by Crippen LogP contribution is -2.52. The summed E-state index contributed by atoms with van der Waals surface area (Å²) in [6.07, 6.45) is 1.52. The average molecular weight is 310 g/mol. The Morgan fingerprint density at radius 3 is 3.00 bits per heavy atom. The summed E-state index contributed by atoms with van der Waals surface area (Å²) in [6.45, 7) is 4.44. The number of hydrogen-bond donors (Lipinski definition) is 1. The molecule has 16 heavy (non-hydrogen) atoms. The van der Waals surface area contributed by atoms with E-state index in [0.29, 0.717) is 5.76 Å². The Bertz CT molecular complexity index is 369. The van der Waals surface area contributed by atoms with E-state index in [1.165, 1.54) is 6.26 Å². The molecular weight excluding hydrogens is 295 g/mol. The van der Waals surface area contributed by atoms with E-state index in [9.17, 15) is 4.79 Å². The fraction of sp³-hybridized carbons (Fsp3) is 0.500. The maximum Gasteiger partial charge on any atom is 0.291 e.